The van der Waals surface area contributed by atoms with Crippen molar-refractivity contribution < 1.29 is 44.9 Å². The van der Waals surface area contributed by atoms with Crippen LogP contribution < -0.4 is 21.1 Å². The molecule has 0 aromatic heterocycles. The van der Waals surface area contributed by atoms with Gasteiger partial charge in [0.05, 0.1) is 30.9 Å². The van der Waals surface area contributed by atoms with Crippen molar-refractivity contribution in [3.05, 3.63) is 23.3 Å². The summed E-state index contributed by atoms with van der Waals surface area (Å²) in [6, 6.07) is 3.02. The summed E-state index contributed by atoms with van der Waals surface area (Å²) in [5, 5.41) is 73.8. The van der Waals surface area contributed by atoms with E-state index in [0.717, 1.165) is 58.3 Å². The van der Waals surface area contributed by atoms with Crippen LogP contribution >= 0.6 is 0 Å². The first-order valence-electron chi connectivity index (χ1n) is 20.7. The first-order valence-corrected chi connectivity index (χ1v) is 20.7. The number of carbonyl (C=O) groups is 1. The highest BCUT2D eigenvalue weighted by Crippen LogP contribution is 2.41. The highest BCUT2D eigenvalue weighted by molar-refractivity contribution is 5.77. The van der Waals surface area contributed by atoms with Gasteiger partial charge in [0.15, 0.2) is 23.7 Å². The monoisotopic (exact) mass is 782 g/mol. The Balaban J connectivity index is 1.33. The fraction of sp³-hybridized carbons (Fsp3) is 0.756. The Morgan fingerprint density at radius 2 is 1.96 bits per heavy atom. The van der Waals surface area contributed by atoms with E-state index < -0.39 is 47.8 Å². The second-order valence-electron chi connectivity index (χ2n) is 17.4. The van der Waals surface area contributed by atoms with Crippen LogP contribution in [-0.4, -0.2) is 141 Å². The number of phenols is 1. The van der Waals surface area contributed by atoms with Crippen LogP contribution in [0.25, 0.3) is 0 Å². The molecule has 2 unspecified atom stereocenters. The fourth-order valence-electron chi connectivity index (χ4n) is 10.5. The van der Waals surface area contributed by atoms with Crippen LogP contribution in [0.5, 0.6) is 11.5 Å². The topological polar surface area (TPSA) is 226 Å². The summed E-state index contributed by atoms with van der Waals surface area (Å²) in [6.45, 7) is 5.34. The van der Waals surface area contributed by atoms with Crippen LogP contribution in [0.2, 0.25) is 0 Å². The van der Waals surface area contributed by atoms with Crippen molar-refractivity contribution in [2.75, 3.05) is 52.5 Å². The predicted octanol–water partition coefficient (Wildman–Crippen LogP) is 0.151. The van der Waals surface area contributed by atoms with Crippen molar-refractivity contribution in [1.29, 1.82) is 0 Å². The van der Waals surface area contributed by atoms with Crippen molar-refractivity contribution in [1.82, 2.24) is 20.4 Å². The van der Waals surface area contributed by atoms with E-state index in [1.165, 1.54) is 13.0 Å². The molecule has 8 bridgehead atoms. The maximum atomic E-state index is 12.7. The molecule has 56 heavy (non-hydrogen) atoms. The Kier molecular flexibility index (Phi) is 13.0. The molecule has 3 saturated heterocycles. The van der Waals surface area contributed by atoms with Crippen LogP contribution in [0.4, 0.5) is 0 Å². The number of nitrogens with one attached hydrogen (secondary N) is 2. The Bertz CT molecular complexity index is 1640. The molecule has 310 valence electrons. The number of fused-ring (bicyclic) bond motifs is 9. The van der Waals surface area contributed by atoms with Crippen LogP contribution in [0.1, 0.15) is 82.1 Å². The highest BCUT2D eigenvalue weighted by Gasteiger charge is 2.46. The molecule has 6 heterocycles. The van der Waals surface area contributed by atoms with Gasteiger partial charge in [-0.1, -0.05) is 18.3 Å². The number of carbonyl (C=O) groups excluding carboxylic acids is 1. The summed E-state index contributed by atoms with van der Waals surface area (Å²) in [7, 11) is 0. The van der Waals surface area contributed by atoms with E-state index in [4.69, 9.17) is 15.2 Å². The summed E-state index contributed by atoms with van der Waals surface area (Å²) in [4.78, 5) is 21.9. The van der Waals surface area contributed by atoms with Crippen molar-refractivity contribution in [2.45, 2.75) is 114 Å². The van der Waals surface area contributed by atoms with E-state index >= 15 is 0 Å². The van der Waals surface area contributed by atoms with E-state index in [9.17, 15) is 35.4 Å². The number of ether oxygens (including phenoxy) is 2. The predicted molar refractivity (Wildman–Crippen MR) is 207 cm³/mol. The Hall–Kier alpha value is -3.20. The number of aliphatic hydroxyl groups is 5. The van der Waals surface area contributed by atoms with Crippen molar-refractivity contribution in [2.24, 2.45) is 39.8 Å². The third-order valence-electron chi connectivity index (χ3n) is 13.4. The highest BCUT2D eigenvalue weighted by atomic mass is 16.5. The van der Waals surface area contributed by atoms with E-state index in [2.05, 4.69) is 37.3 Å². The van der Waals surface area contributed by atoms with Gasteiger partial charge in [-0.2, -0.15) is 0 Å². The molecule has 8 rings (SSSR count). The number of guanidine groups is 1. The molecule has 0 amide bonds. The number of aliphatic imine (C=N–C) groups is 1. The summed E-state index contributed by atoms with van der Waals surface area (Å²) in [6.07, 6.45) is 0.811. The number of nitrogens with two attached hydrogens (primary N) is 1. The molecule has 15 heteroatoms. The van der Waals surface area contributed by atoms with E-state index in [0.29, 0.717) is 31.0 Å². The number of piperidine rings is 3. The van der Waals surface area contributed by atoms with Gasteiger partial charge >= 0.3 is 5.97 Å². The second-order valence-corrected chi connectivity index (χ2v) is 17.4. The smallest absolute Gasteiger partial charge is 0.302 e. The van der Waals surface area contributed by atoms with Gasteiger partial charge in [0.25, 0.3) is 0 Å². The van der Waals surface area contributed by atoms with Crippen molar-refractivity contribution >= 4 is 11.9 Å². The third-order valence-corrected chi connectivity index (χ3v) is 13.4. The van der Waals surface area contributed by atoms with Gasteiger partial charge in [-0.25, -0.2) is 4.99 Å². The number of aromatic hydroxyl groups is 1. The SMILES string of the molecule is CC(=O)O[C@@H]1C[C@@H](O)CC[C@@]2(C#C[C@H]3CCC[C@@H]4C[C@H](CCN4)Oc4cc(c(C(O)O)cc4O)C[C@H]31)CNC(N)=NCN1C[C@@H]3C[C@@H](C1)[C@@H](CO)N(C3)C[C@@H]2O. The molecule has 7 aliphatic rings. The van der Waals surface area contributed by atoms with E-state index in [1.54, 1.807) is 6.07 Å². The summed E-state index contributed by atoms with van der Waals surface area (Å²) in [5.41, 5.74) is 5.99. The van der Waals surface area contributed by atoms with Gasteiger partial charge in [0, 0.05) is 75.6 Å². The van der Waals surface area contributed by atoms with Gasteiger partial charge in [-0.3, -0.25) is 14.6 Å². The number of hydrogen-bond donors (Lipinski definition) is 9. The molecule has 1 aliphatic carbocycles. The number of esters is 1. The molecule has 15 nitrogen and oxygen atoms in total. The fourth-order valence-corrected chi connectivity index (χ4v) is 10.5. The molecule has 0 saturated carbocycles. The largest absolute Gasteiger partial charge is 0.504 e. The minimum absolute atomic E-state index is 0.0224. The normalized spacial score (nSPS) is 39.2. The standard InChI is InChI=1S/C41H62N6O9/c1-24(49)55-36-15-30(50)6-9-41(22-44-40(42)45-23-46-17-25-11-28(19-46)34(21-48)47(18-25)20-38(41)52)8-5-26-3-2-4-29-14-31(7-10-43-29)56-37-13-27(12-32(26)36)33(39(53)54)16-35(37)51/h13,16,25-26,28-32,34,36,38-39,43,48,50-54H,2-4,6-7,9-12,14-15,17-23H2,1H3,(H3,42,44,45)/t25-,26+,28-,29+,30-,31-,32+,34+,36+,38-,41-/m0/s1. The summed E-state index contributed by atoms with van der Waals surface area (Å²) < 4.78 is 12.4. The van der Waals surface area contributed by atoms with Crippen LogP contribution in [0.3, 0.4) is 0 Å². The maximum Gasteiger partial charge on any atom is 0.302 e. The minimum Gasteiger partial charge on any atom is -0.504 e. The molecule has 10 N–H and O–H groups in total. The lowest BCUT2D eigenvalue weighted by molar-refractivity contribution is -0.152. The first-order chi connectivity index (χ1) is 26.9. The molecule has 6 aliphatic heterocycles. The van der Waals surface area contributed by atoms with Gasteiger partial charge in [-0.05, 0) is 87.4 Å². The van der Waals surface area contributed by atoms with Gasteiger partial charge < -0.3 is 56.5 Å². The van der Waals surface area contributed by atoms with Crippen LogP contribution in [0.15, 0.2) is 17.1 Å². The Morgan fingerprint density at radius 3 is 2.75 bits per heavy atom. The lowest BCUT2D eigenvalue weighted by atomic mass is 9.72. The van der Waals surface area contributed by atoms with Crippen molar-refractivity contribution in [3.8, 4) is 23.3 Å². The van der Waals surface area contributed by atoms with E-state index in [1.807, 2.05) is 0 Å². The lowest BCUT2D eigenvalue weighted by Gasteiger charge is -2.51. The number of phenolic OH excluding ortho intramolecular Hbond substituents is 1. The van der Waals surface area contributed by atoms with Gasteiger partial charge in [-0.15, -0.1) is 0 Å². The average Bonchev–Trinajstić information content (AvgIpc) is 3.16. The zero-order valence-electron chi connectivity index (χ0n) is 32.6. The maximum absolute atomic E-state index is 12.7. The van der Waals surface area contributed by atoms with Gasteiger partial charge in [0.2, 0.25) is 0 Å². The van der Waals surface area contributed by atoms with E-state index in [-0.39, 0.29) is 86.1 Å². The third kappa shape index (κ3) is 9.40. The quantitative estimate of drug-likeness (QED) is 0.113. The molecule has 0 radical (unpaired) electrons. The van der Waals surface area contributed by atoms with Crippen LogP contribution in [0, 0.1) is 40.9 Å². The molecular formula is C41H62N6O9. The Labute approximate surface area is 329 Å². The van der Waals surface area contributed by atoms with Gasteiger partial charge in [0.1, 0.15) is 12.2 Å². The zero-order chi connectivity index (χ0) is 39.6. The minimum atomic E-state index is -1.90. The molecule has 3 fully saturated rings. The average molecular weight is 783 g/mol. The number of aliphatic hydroxyl groups excluding tert-OH is 4. The number of hydrogen-bond acceptors (Lipinski definition) is 15. The number of rotatable bonds is 3. The molecule has 1 aromatic carbocycles. The number of benzene rings is 1. The first kappa shape index (κ1) is 41.0. The molecule has 1 aromatic rings. The summed E-state index contributed by atoms with van der Waals surface area (Å²) >= 11 is 0. The summed E-state index contributed by atoms with van der Waals surface area (Å²) in [5.74, 6) is 6.64. The molecule has 13 atom stereocenters. The lowest BCUT2D eigenvalue weighted by Crippen LogP contribution is -2.61. The van der Waals surface area contributed by atoms with Crippen molar-refractivity contribution in [3.63, 3.8) is 0 Å². The Morgan fingerprint density at radius 1 is 1.12 bits per heavy atom. The second kappa shape index (κ2) is 17.7. The zero-order valence-corrected chi connectivity index (χ0v) is 32.6. The van der Waals surface area contributed by atoms with Crippen LogP contribution in [-0.2, 0) is 16.0 Å². The number of nitrogens with zero attached hydrogens (tertiary/aromatic N) is 3. The molecular weight excluding hydrogens is 720 g/mol. The molecule has 1 spiro atoms.